The Kier molecular flexibility index (Phi) is 6.71. The average molecular weight is 546 g/mol. The summed E-state index contributed by atoms with van der Waals surface area (Å²) >= 11 is 3.45. The van der Waals surface area contributed by atoms with Crippen LogP contribution in [0.5, 0.6) is 5.75 Å². The number of carbonyl (C=O) groups is 1. The van der Waals surface area contributed by atoms with Gasteiger partial charge in [0.25, 0.3) is 5.91 Å². The van der Waals surface area contributed by atoms with Crippen LogP contribution in [-0.2, 0) is 6.54 Å². The molecule has 3 aromatic carbocycles. The minimum absolute atomic E-state index is 0.109. The average Bonchev–Trinajstić information content (AvgIpc) is 3.13. The molecule has 0 radical (unpaired) electrons. The molecule has 184 valence electrons. The summed E-state index contributed by atoms with van der Waals surface area (Å²) in [6.07, 6.45) is 0.943. The van der Waals surface area contributed by atoms with Crippen LogP contribution in [0.3, 0.4) is 0 Å². The lowest BCUT2D eigenvalue weighted by Crippen LogP contribution is -2.29. The van der Waals surface area contributed by atoms with Crippen molar-refractivity contribution in [2.75, 3.05) is 6.61 Å². The monoisotopic (exact) mass is 545 g/mol. The van der Waals surface area contributed by atoms with E-state index in [0.717, 1.165) is 33.3 Å². The summed E-state index contributed by atoms with van der Waals surface area (Å²) < 4.78 is 12.9. The van der Waals surface area contributed by atoms with E-state index in [1.807, 2.05) is 55.5 Å². The van der Waals surface area contributed by atoms with Crippen molar-refractivity contribution < 1.29 is 13.9 Å². The van der Waals surface area contributed by atoms with Gasteiger partial charge in [0.15, 0.2) is 5.43 Å². The number of ether oxygens (including phenoxy) is 1. The van der Waals surface area contributed by atoms with Crippen molar-refractivity contribution >= 4 is 32.8 Å². The van der Waals surface area contributed by atoms with E-state index < -0.39 is 6.04 Å². The highest BCUT2D eigenvalue weighted by atomic mass is 79.9. The second-order valence-corrected chi connectivity index (χ2v) is 10.7. The molecular weight excluding hydrogens is 518 g/mol. The number of hydrogen-bond acceptors (Lipinski definition) is 4. The molecule has 4 aromatic rings. The van der Waals surface area contributed by atoms with Crippen LogP contribution in [0.15, 0.2) is 80.4 Å². The van der Waals surface area contributed by atoms with E-state index in [-0.39, 0.29) is 17.1 Å². The quantitative estimate of drug-likeness (QED) is 0.250. The number of rotatable bonds is 7. The van der Waals surface area contributed by atoms with Gasteiger partial charge in [0, 0.05) is 11.0 Å². The first kappa shape index (κ1) is 24.3. The van der Waals surface area contributed by atoms with E-state index in [1.165, 1.54) is 0 Å². The van der Waals surface area contributed by atoms with Crippen molar-refractivity contribution in [3.05, 3.63) is 109 Å². The van der Waals surface area contributed by atoms with Crippen molar-refractivity contribution in [1.29, 1.82) is 0 Å². The van der Waals surface area contributed by atoms with Crippen LogP contribution in [0, 0.1) is 12.8 Å². The third kappa shape index (κ3) is 4.70. The zero-order chi connectivity index (χ0) is 25.4. The maximum atomic E-state index is 13.8. The molecule has 1 aliphatic rings. The number of hydrogen-bond donors (Lipinski definition) is 0. The fraction of sp³-hybridized carbons (Fsp3) is 0.267. The molecule has 1 aliphatic heterocycles. The predicted molar refractivity (Wildman–Crippen MR) is 144 cm³/mol. The molecule has 1 aromatic heterocycles. The number of benzene rings is 3. The van der Waals surface area contributed by atoms with Crippen LogP contribution in [0.4, 0.5) is 0 Å². The van der Waals surface area contributed by atoms with E-state index >= 15 is 0 Å². The van der Waals surface area contributed by atoms with Gasteiger partial charge < -0.3 is 14.1 Å². The highest BCUT2D eigenvalue weighted by Crippen LogP contribution is 2.40. The lowest BCUT2D eigenvalue weighted by molar-refractivity contribution is 0.0714. The Balaban J connectivity index is 1.62. The first-order valence-corrected chi connectivity index (χ1v) is 13.0. The Hall–Kier alpha value is -3.38. The lowest BCUT2D eigenvalue weighted by atomic mass is 9.98. The predicted octanol–water partition coefficient (Wildman–Crippen LogP) is 7.03. The number of aryl methyl sites for hydroxylation is 1. The number of nitrogens with zero attached hydrogens (tertiary/aromatic N) is 1. The molecule has 0 N–H and O–H groups in total. The third-order valence-electron chi connectivity index (χ3n) is 6.54. The molecule has 36 heavy (non-hydrogen) atoms. The summed E-state index contributed by atoms with van der Waals surface area (Å²) in [6.45, 7) is 7.30. The van der Waals surface area contributed by atoms with Crippen molar-refractivity contribution in [3.63, 3.8) is 0 Å². The molecule has 1 unspecified atom stereocenters. The molecule has 1 amide bonds. The molecule has 6 heteroatoms. The first-order valence-electron chi connectivity index (χ1n) is 12.2. The number of fused-ring (bicyclic) bond motifs is 2. The topological polar surface area (TPSA) is 59.8 Å². The molecule has 0 aliphatic carbocycles. The molecule has 0 fully saturated rings. The van der Waals surface area contributed by atoms with Gasteiger partial charge in [0.2, 0.25) is 5.76 Å². The Bertz CT molecular complexity index is 1490. The second kappa shape index (κ2) is 9.94. The summed E-state index contributed by atoms with van der Waals surface area (Å²) in [5, 5.41) is 0.447. The molecule has 0 saturated heterocycles. The summed E-state index contributed by atoms with van der Waals surface area (Å²) in [5.41, 5.74) is 3.53. The fourth-order valence-corrected chi connectivity index (χ4v) is 4.94. The van der Waals surface area contributed by atoms with E-state index in [0.29, 0.717) is 35.6 Å². The van der Waals surface area contributed by atoms with E-state index in [9.17, 15) is 9.59 Å². The number of halogens is 1. The van der Waals surface area contributed by atoms with Crippen LogP contribution < -0.4 is 10.2 Å². The maximum Gasteiger partial charge on any atom is 0.291 e. The fourth-order valence-electron chi connectivity index (χ4n) is 4.58. The zero-order valence-electron chi connectivity index (χ0n) is 20.6. The summed E-state index contributed by atoms with van der Waals surface area (Å²) in [7, 11) is 0. The molecule has 1 atom stereocenters. The normalized spacial score (nSPS) is 15.1. The van der Waals surface area contributed by atoms with Crippen molar-refractivity contribution in [3.8, 4) is 5.75 Å². The van der Waals surface area contributed by atoms with E-state index in [1.54, 1.807) is 23.1 Å². The lowest BCUT2D eigenvalue weighted by Gasteiger charge is -2.25. The van der Waals surface area contributed by atoms with Gasteiger partial charge in [-0.1, -0.05) is 71.7 Å². The number of amides is 1. The largest absolute Gasteiger partial charge is 0.494 e. The van der Waals surface area contributed by atoms with Crippen molar-refractivity contribution in [2.24, 2.45) is 5.92 Å². The SMILES string of the molecule is Cc1ccc(CN2C(=O)c3oc4ccc(Br)cc4c(=O)c3C2c2cccc(OCCC(C)C)c2)cc1. The molecule has 0 spiro atoms. The molecular formula is C30H28BrNO4. The van der Waals surface area contributed by atoms with Crippen LogP contribution in [0.1, 0.15) is 59.1 Å². The minimum Gasteiger partial charge on any atom is -0.494 e. The molecule has 5 rings (SSSR count). The smallest absolute Gasteiger partial charge is 0.291 e. The number of carbonyl (C=O) groups excluding carboxylic acids is 1. The highest BCUT2D eigenvalue weighted by molar-refractivity contribution is 9.10. The van der Waals surface area contributed by atoms with Crippen molar-refractivity contribution in [2.45, 2.75) is 39.8 Å². The van der Waals surface area contributed by atoms with Gasteiger partial charge in [-0.15, -0.1) is 0 Å². The molecule has 2 heterocycles. The van der Waals surface area contributed by atoms with Crippen molar-refractivity contribution in [1.82, 2.24) is 4.90 Å². The van der Waals surface area contributed by atoms with Gasteiger partial charge in [0.1, 0.15) is 11.3 Å². The van der Waals surface area contributed by atoms with Gasteiger partial charge in [-0.3, -0.25) is 9.59 Å². The van der Waals surface area contributed by atoms with Crippen LogP contribution >= 0.6 is 15.9 Å². The Morgan fingerprint density at radius 3 is 2.56 bits per heavy atom. The van der Waals surface area contributed by atoms with Gasteiger partial charge >= 0.3 is 0 Å². The van der Waals surface area contributed by atoms with Gasteiger partial charge in [-0.2, -0.15) is 0 Å². The van der Waals surface area contributed by atoms with Gasteiger partial charge in [-0.05, 0) is 60.7 Å². The van der Waals surface area contributed by atoms with Gasteiger partial charge in [-0.25, -0.2) is 0 Å². The Labute approximate surface area is 218 Å². The zero-order valence-corrected chi connectivity index (χ0v) is 22.2. The van der Waals surface area contributed by atoms with Gasteiger partial charge in [0.05, 0.1) is 23.6 Å². The van der Waals surface area contributed by atoms with Crippen LogP contribution in [0.2, 0.25) is 0 Å². The Morgan fingerprint density at radius 1 is 1.03 bits per heavy atom. The van der Waals surface area contributed by atoms with E-state index in [4.69, 9.17) is 9.15 Å². The van der Waals surface area contributed by atoms with Crippen LogP contribution in [0.25, 0.3) is 11.0 Å². The summed E-state index contributed by atoms with van der Waals surface area (Å²) in [4.78, 5) is 29.2. The summed E-state index contributed by atoms with van der Waals surface area (Å²) in [5.74, 6) is 1.08. The minimum atomic E-state index is -0.581. The Morgan fingerprint density at radius 2 is 1.81 bits per heavy atom. The molecule has 5 nitrogen and oxygen atoms in total. The van der Waals surface area contributed by atoms with Crippen LogP contribution in [-0.4, -0.2) is 17.4 Å². The molecule has 0 saturated carbocycles. The highest BCUT2D eigenvalue weighted by Gasteiger charge is 2.42. The standard InChI is InChI=1S/C30H28BrNO4/c1-18(2)13-14-35-23-6-4-5-21(15-23)27-26-28(33)24-16-22(31)11-12-25(24)36-29(26)30(34)32(27)17-20-9-7-19(3)8-10-20/h4-12,15-16,18,27H,13-14,17H2,1-3H3. The van der Waals surface area contributed by atoms with E-state index in [2.05, 4.69) is 29.8 Å². The molecule has 0 bridgehead atoms. The second-order valence-electron chi connectivity index (χ2n) is 9.74. The maximum absolute atomic E-state index is 13.8. The third-order valence-corrected chi connectivity index (χ3v) is 7.03. The first-order chi connectivity index (χ1) is 17.3. The summed E-state index contributed by atoms with van der Waals surface area (Å²) in [6, 6.07) is 20.4.